The van der Waals surface area contributed by atoms with E-state index >= 15 is 0 Å². The number of hydrogen-bond donors (Lipinski definition) is 1. The molecule has 1 aromatic rings. The van der Waals surface area contributed by atoms with Crippen LogP contribution < -0.4 is 0 Å². The smallest absolute Gasteiger partial charge is 0.332 e. The standard InChI is InChI=1S/C12H14O3/c1-3-15-11(8-12(13)14)10-7-5-4-6-9(10)2/h4-8H,3H2,1-2H3,(H,13,14)/b11-8+. The largest absolute Gasteiger partial charge is 0.493 e. The van der Waals surface area contributed by atoms with Crippen LogP contribution in [-0.2, 0) is 9.53 Å². The van der Waals surface area contributed by atoms with Crippen molar-refractivity contribution in [3.63, 3.8) is 0 Å². The molecule has 0 radical (unpaired) electrons. The van der Waals surface area contributed by atoms with E-state index in [-0.39, 0.29) is 0 Å². The maximum atomic E-state index is 10.6. The van der Waals surface area contributed by atoms with Gasteiger partial charge in [0, 0.05) is 5.56 Å². The predicted molar refractivity (Wildman–Crippen MR) is 58.4 cm³/mol. The molecule has 0 amide bonds. The zero-order valence-corrected chi connectivity index (χ0v) is 8.86. The first-order valence-corrected chi connectivity index (χ1v) is 4.78. The number of rotatable bonds is 4. The van der Waals surface area contributed by atoms with Gasteiger partial charge in [-0.15, -0.1) is 0 Å². The molecule has 0 fully saturated rings. The molecule has 0 bridgehead atoms. The minimum Gasteiger partial charge on any atom is -0.493 e. The van der Waals surface area contributed by atoms with Crippen LogP contribution in [0.15, 0.2) is 30.3 Å². The summed E-state index contributed by atoms with van der Waals surface area (Å²) in [6, 6.07) is 7.53. The highest BCUT2D eigenvalue weighted by atomic mass is 16.5. The maximum Gasteiger partial charge on any atom is 0.332 e. The molecule has 0 aliphatic carbocycles. The van der Waals surface area contributed by atoms with Crippen molar-refractivity contribution < 1.29 is 14.6 Å². The van der Waals surface area contributed by atoms with Crippen molar-refractivity contribution >= 4 is 11.7 Å². The fourth-order valence-corrected chi connectivity index (χ4v) is 1.31. The Balaban J connectivity index is 3.10. The Kier molecular flexibility index (Phi) is 3.92. The van der Waals surface area contributed by atoms with Crippen LogP contribution in [-0.4, -0.2) is 17.7 Å². The normalized spacial score (nSPS) is 11.2. The van der Waals surface area contributed by atoms with Crippen molar-refractivity contribution in [1.82, 2.24) is 0 Å². The lowest BCUT2D eigenvalue weighted by molar-refractivity contribution is -0.131. The van der Waals surface area contributed by atoms with Crippen molar-refractivity contribution in [2.24, 2.45) is 0 Å². The predicted octanol–water partition coefficient (Wildman–Crippen LogP) is 2.46. The Morgan fingerprint density at radius 2 is 2.13 bits per heavy atom. The minimum absolute atomic E-state index is 0.406. The highest BCUT2D eigenvalue weighted by Crippen LogP contribution is 2.19. The molecule has 0 spiro atoms. The lowest BCUT2D eigenvalue weighted by Gasteiger charge is -2.10. The third kappa shape index (κ3) is 3.13. The number of aryl methyl sites for hydroxylation is 1. The van der Waals surface area contributed by atoms with Crippen LogP contribution in [0.4, 0.5) is 0 Å². The number of hydrogen-bond acceptors (Lipinski definition) is 2. The molecule has 80 valence electrons. The second-order valence-corrected chi connectivity index (χ2v) is 3.09. The van der Waals surface area contributed by atoms with E-state index in [2.05, 4.69) is 0 Å². The number of benzene rings is 1. The molecule has 0 aliphatic rings. The van der Waals surface area contributed by atoms with Crippen LogP contribution in [0.2, 0.25) is 0 Å². The molecule has 0 unspecified atom stereocenters. The summed E-state index contributed by atoms with van der Waals surface area (Å²) >= 11 is 0. The van der Waals surface area contributed by atoms with E-state index in [4.69, 9.17) is 9.84 Å². The van der Waals surface area contributed by atoms with Crippen LogP contribution in [0.1, 0.15) is 18.1 Å². The number of carboxylic acid groups (broad SMARTS) is 1. The van der Waals surface area contributed by atoms with E-state index in [1.54, 1.807) is 0 Å². The third-order valence-electron chi connectivity index (χ3n) is 1.96. The fourth-order valence-electron chi connectivity index (χ4n) is 1.31. The summed E-state index contributed by atoms with van der Waals surface area (Å²) in [5.41, 5.74) is 1.82. The second-order valence-electron chi connectivity index (χ2n) is 3.09. The van der Waals surface area contributed by atoms with Gasteiger partial charge in [0.2, 0.25) is 0 Å². The van der Waals surface area contributed by atoms with Crippen molar-refractivity contribution in [2.45, 2.75) is 13.8 Å². The van der Waals surface area contributed by atoms with E-state index in [1.165, 1.54) is 0 Å². The second kappa shape index (κ2) is 5.20. The number of carbonyl (C=O) groups is 1. The summed E-state index contributed by atoms with van der Waals surface area (Å²) in [5.74, 6) is -0.593. The lowest BCUT2D eigenvalue weighted by Crippen LogP contribution is -1.98. The van der Waals surface area contributed by atoms with E-state index in [0.29, 0.717) is 12.4 Å². The molecule has 0 saturated carbocycles. The number of aliphatic carboxylic acids is 1. The van der Waals surface area contributed by atoms with Gasteiger partial charge >= 0.3 is 5.97 Å². The molecule has 0 aromatic heterocycles. The first kappa shape index (κ1) is 11.3. The first-order valence-electron chi connectivity index (χ1n) is 4.78. The van der Waals surface area contributed by atoms with Gasteiger partial charge in [-0.05, 0) is 19.4 Å². The van der Waals surface area contributed by atoms with Gasteiger partial charge < -0.3 is 9.84 Å². The summed E-state index contributed by atoms with van der Waals surface area (Å²) in [6.07, 6.45) is 1.09. The van der Waals surface area contributed by atoms with Crippen LogP contribution in [0.3, 0.4) is 0 Å². The van der Waals surface area contributed by atoms with Gasteiger partial charge in [0.25, 0.3) is 0 Å². The number of ether oxygens (including phenoxy) is 1. The Labute approximate surface area is 89.0 Å². The van der Waals surface area contributed by atoms with Gasteiger partial charge in [-0.2, -0.15) is 0 Å². The summed E-state index contributed by atoms with van der Waals surface area (Å²) in [4.78, 5) is 10.6. The Bertz CT molecular complexity index is 380. The van der Waals surface area contributed by atoms with Crippen molar-refractivity contribution in [2.75, 3.05) is 6.61 Å². The fraction of sp³-hybridized carbons (Fsp3) is 0.250. The van der Waals surface area contributed by atoms with Gasteiger partial charge in [0.15, 0.2) is 0 Å². The molecule has 1 N–H and O–H groups in total. The summed E-state index contributed by atoms with van der Waals surface area (Å²) in [7, 11) is 0. The van der Waals surface area contributed by atoms with Crippen LogP contribution >= 0.6 is 0 Å². The highest BCUT2D eigenvalue weighted by molar-refractivity contribution is 5.88. The van der Waals surface area contributed by atoms with Crippen molar-refractivity contribution in [3.05, 3.63) is 41.5 Å². The molecular weight excluding hydrogens is 192 g/mol. The molecule has 3 heteroatoms. The number of carboxylic acids is 1. The van der Waals surface area contributed by atoms with Crippen LogP contribution in [0, 0.1) is 6.92 Å². The van der Waals surface area contributed by atoms with Crippen molar-refractivity contribution in [1.29, 1.82) is 0 Å². The molecular formula is C12H14O3. The minimum atomic E-state index is -0.998. The Morgan fingerprint density at radius 1 is 1.47 bits per heavy atom. The molecule has 0 saturated heterocycles. The molecule has 15 heavy (non-hydrogen) atoms. The first-order chi connectivity index (χ1) is 7.15. The molecule has 1 rings (SSSR count). The molecule has 0 heterocycles. The topological polar surface area (TPSA) is 46.5 Å². The zero-order valence-electron chi connectivity index (χ0n) is 8.86. The monoisotopic (exact) mass is 206 g/mol. The molecule has 1 aromatic carbocycles. The molecule has 0 aliphatic heterocycles. The zero-order chi connectivity index (χ0) is 11.3. The summed E-state index contributed by atoms with van der Waals surface area (Å²) < 4.78 is 5.30. The van der Waals surface area contributed by atoms with Crippen molar-refractivity contribution in [3.8, 4) is 0 Å². The van der Waals surface area contributed by atoms with Gasteiger partial charge in [0.05, 0.1) is 12.7 Å². The van der Waals surface area contributed by atoms with Gasteiger partial charge in [-0.25, -0.2) is 4.79 Å². The van der Waals surface area contributed by atoms with Gasteiger partial charge in [-0.1, -0.05) is 24.3 Å². The average molecular weight is 206 g/mol. The van der Waals surface area contributed by atoms with E-state index in [0.717, 1.165) is 17.2 Å². The summed E-state index contributed by atoms with van der Waals surface area (Å²) in [5, 5.41) is 8.71. The van der Waals surface area contributed by atoms with Crippen LogP contribution in [0.5, 0.6) is 0 Å². The van der Waals surface area contributed by atoms with Gasteiger partial charge in [-0.3, -0.25) is 0 Å². The average Bonchev–Trinajstić information content (AvgIpc) is 2.17. The Morgan fingerprint density at radius 3 is 2.67 bits per heavy atom. The lowest BCUT2D eigenvalue weighted by atomic mass is 10.1. The van der Waals surface area contributed by atoms with E-state index in [1.807, 2.05) is 38.1 Å². The molecule has 3 nitrogen and oxygen atoms in total. The van der Waals surface area contributed by atoms with E-state index < -0.39 is 5.97 Å². The van der Waals surface area contributed by atoms with Crippen LogP contribution in [0.25, 0.3) is 5.76 Å². The maximum absolute atomic E-state index is 10.6. The van der Waals surface area contributed by atoms with Gasteiger partial charge in [0.1, 0.15) is 5.76 Å². The molecule has 0 atom stereocenters. The van der Waals surface area contributed by atoms with E-state index in [9.17, 15) is 4.79 Å². The third-order valence-corrected chi connectivity index (χ3v) is 1.96. The SMILES string of the molecule is CCO/C(=C/C(=O)O)c1ccccc1C. The summed E-state index contributed by atoms with van der Waals surface area (Å²) in [6.45, 7) is 4.20. The quantitative estimate of drug-likeness (QED) is 0.608. The Hall–Kier alpha value is -1.77. The highest BCUT2D eigenvalue weighted by Gasteiger charge is 2.07.